The van der Waals surface area contributed by atoms with Crippen LogP contribution in [0.2, 0.25) is 0 Å². The van der Waals surface area contributed by atoms with Gasteiger partial charge in [0.15, 0.2) is 5.58 Å². The largest absolute Gasteiger partial charge is 0.417 e. The van der Waals surface area contributed by atoms with E-state index in [2.05, 4.69) is 9.71 Å². The number of carbonyl (C=O) groups excluding carboxylic acids is 1. The molecule has 0 saturated heterocycles. The molecule has 1 heterocycles. The molecule has 2 aromatic carbocycles. The summed E-state index contributed by atoms with van der Waals surface area (Å²) in [7, 11) is -3.88. The van der Waals surface area contributed by atoms with Crippen molar-refractivity contribution < 1.29 is 17.6 Å². The topological polar surface area (TPSA) is 112 Å². The van der Waals surface area contributed by atoms with Gasteiger partial charge in [0.2, 0.25) is 0 Å². The molecule has 0 saturated carbocycles. The van der Waals surface area contributed by atoms with Gasteiger partial charge in [-0.25, -0.2) is 13.2 Å². The molecule has 0 aliphatic carbocycles. The number of H-pyrrole nitrogens is 1. The second-order valence-corrected chi connectivity index (χ2v) is 7.52. The molecule has 2 N–H and O–H groups in total. The Hall–Kier alpha value is -3.07. The zero-order chi connectivity index (χ0) is 19.6. The zero-order valence-corrected chi connectivity index (χ0v) is 15.7. The summed E-state index contributed by atoms with van der Waals surface area (Å²) >= 11 is 0. The number of aromatic nitrogens is 1. The van der Waals surface area contributed by atoms with Crippen molar-refractivity contribution in [3.05, 3.63) is 58.6 Å². The number of nitrogens with one attached hydrogen (secondary N) is 2. The van der Waals surface area contributed by atoms with Crippen molar-refractivity contribution in [2.75, 3.05) is 17.8 Å². The van der Waals surface area contributed by atoms with Crippen LogP contribution in [0, 0.1) is 0 Å². The van der Waals surface area contributed by atoms with Crippen molar-refractivity contribution in [3.8, 4) is 0 Å². The van der Waals surface area contributed by atoms with Gasteiger partial charge in [0.05, 0.1) is 10.4 Å². The van der Waals surface area contributed by atoms with Crippen molar-refractivity contribution >= 4 is 32.7 Å². The molecule has 0 aliphatic rings. The van der Waals surface area contributed by atoms with Gasteiger partial charge in [-0.3, -0.25) is 14.5 Å². The van der Waals surface area contributed by atoms with Gasteiger partial charge in [-0.05, 0) is 50.2 Å². The Kier molecular flexibility index (Phi) is 5.04. The van der Waals surface area contributed by atoms with Crippen LogP contribution in [0.15, 0.2) is 56.6 Å². The third-order valence-corrected chi connectivity index (χ3v) is 5.52. The molecule has 9 heteroatoms. The van der Waals surface area contributed by atoms with Crippen molar-refractivity contribution in [2.24, 2.45) is 0 Å². The van der Waals surface area contributed by atoms with E-state index < -0.39 is 15.8 Å². The third kappa shape index (κ3) is 3.87. The number of nitrogens with zero attached hydrogens (tertiary/aromatic N) is 1. The molecule has 27 heavy (non-hydrogen) atoms. The van der Waals surface area contributed by atoms with Crippen LogP contribution in [0.4, 0.5) is 5.69 Å². The number of fused-ring (bicyclic) bond motifs is 1. The highest BCUT2D eigenvalue weighted by Crippen LogP contribution is 2.20. The van der Waals surface area contributed by atoms with E-state index in [0.717, 1.165) is 0 Å². The minimum absolute atomic E-state index is 0.0407. The second-order valence-electron chi connectivity index (χ2n) is 5.83. The molecular formula is C18H19N3O5S. The Morgan fingerprint density at radius 1 is 1.11 bits per heavy atom. The number of rotatable bonds is 6. The van der Waals surface area contributed by atoms with Crippen molar-refractivity contribution in [2.45, 2.75) is 18.7 Å². The number of hydrogen-bond donors (Lipinski definition) is 2. The van der Waals surface area contributed by atoms with Crippen molar-refractivity contribution in [1.29, 1.82) is 0 Å². The minimum atomic E-state index is -3.88. The molecule has 1 amide bonds. The monoisotopic (exact) mass is 389 g/mol. The Balaban J connectivity index is 1.82. The Labute approximate surface area is 155 Å². The number of anilines is 1. The molecular weight excluding hydrogens is 370 g/mol. The van der Waals surface area contributed by atoms with Gasteiger partial charge in [0.1, 0.15) is 0 Å². The lowest BCUT2D eigenvalue weighted by Gasteiger charge is -2.18. The first-order chi connectivity index (χ1) is 12.8. The van der Waals surface area contributed by atoms with Gasteiger partial charge < -0.3 is 9.32 Å². The normalized spacial score (nSPS) is 11.5. The third-order valence-electron chi connectivity index (χ3n) is 4.14. The average molecular weight is 389 g/mol. The van der Waals surface area contributed by atoms with Crippen LogP contribution in [0.5, 0.6) is 0 Å². The maximum Gasteiger partial charge on any atom is 0.417 e. The first-order valence-corrected chi connectivity index (χ1v) is 9.87. The Morgan fingerprint density at radius 3 is 2.41 bits per heavy atom. The van der Waals surface area contributed by atoms with E-state index >= 15 is 0 Å². The number of sulfonamides is 1. The molecule has 8 nitrogen and oxygen atoms in total. The lowest BCUT2D eigenvalue weighted by atomic mass is 10.2. The minimum Gasteiger partial charge on any atom is -0.408 e. The van der Waals surface area contributed by atoms with Gasteiger partial charge in [0.25, 0.3) is 15.9 Å². The molecule has 0 radical (unpaired) electrons. The van der Waals surface area contributed by atoms with Gasteiger partial charge in [0, 0.05) is 30.4 Å². The van der Waals surface area contributed by atoms with E-state index in [4.69, 9.17) is 4.42 Å². The van der Waals surface area contributed by atoms with Crippen molar-refractivity contribution in [3.63, 3.8) is 0 Å². The van der Waals surface area contributed by atoms with Crippen LogP contribution < -0.4 is 10.5 Å². The van der Waals surface area contributed by atoms with Crippen LogP contribution in [0.3, 0.4) is 0 Å². The summed E-state index contributed by atoms with van der Waals surface area (Å²) < 4.78 is 32.5. The van der Waals surface area contributed by atoms with Crippen LogP contribution in [0.1, 0.15) is 24.2 Å². The molecule has 0 unspecified atom stereocenters. The number of aromatic amines is 1. The Bertz CT molecular complexity index is 1130. The molecule has 0 bridgehead atoms. The van der Waals surface area contributed by atoms with Gasteiger partial charge in [-0.15, -0.1) is 0 Å². The van der Waals surface area contributed by atoms with Crippen LogP contribution >= 0.6 is 0 Å². The molecule has 0 aliphatic heterocycles. The fraction of sp³-hybridized carbons (Fsp3) is 0.222. The van der Waals surface area contributed by atoms with Crippen LogP contribution in [-0.2, 0) is 10.0 Å². The molecule has 0 atom stereocenters. The highest BCUT2D eigenvalue weighted by atomic mass is 32.2. The predicted molar refractivity (Wildman–Crippen MR) is 101 cm³/mol. The highest BCUT2D eigenvalue weighted by Gasteiger charge is 2.17. The summed E-state index contributed by atoms with van der Waals surface area (Å²) in [5, 5.41) is 0. The van der Waals surface area contributed by atoms with Gasteiger partial charge in [-0.2, -0.15) is 0 Å². The Morgan fingerprint density at radius 2 is 1.78 bits per heavy atom. The van der Waals surface area contributed by atoms with Crippen LogP contribution in [-0.4, -0.2) is 37.3 Å². The molecule has 142 valence electrons. The number of carbonyl (C=O) groups is 1. The summed E-state index contributed by atoms with van der Waals surface area (Å²) in [5.41, 5.74) is 1.38. The van der Waals surface area contributed by atoms with E-state index in [-0.39, 0.29) is 16.4 Å². The van der Waals surface area contributed by atoms with E-state index in [1.807, 2.05) is 13.8 Å². The number of amides is 1. The van der Waals surface area contributed by atoms with E-state index in [9.17, 15) is 18.0 Å². The van der Waals surface area contributed by atoms with Gasteiger partial charge in [-0.1, -0.05) is 0 Å². The van der Waals surface area contributed by atoms with Gasteiger partial charge >= 0.3 is 5.76 Å². The lowest BCUT2D eigenvalue weighted by molar-refractivity contribution is 0.0773. The van der Waals surface area contributed by atoms with E-state index in [1.54, 1.807) is 17.0 Å². The fourth-order valence-electron chi connectivity index (χ4n) is 2.68. The first-order valence-electron chi connectivity index (χ1n) is 8.39. The lowest BCUT2D eigenvalue weighted by Crippen LogP contribution is -2.30. The van der Waals surface area contributed by atoms with E-state index in [1.165, 1.54) is 30.3 Å². The summed E-state index contributed by atoms with van der Waals surface area (Å²) in [6.45, 7) is 4.99. The summed E-state index contributed by atoms with van der Waals surface area (Å²) in [6, 6.07) is 10.3. The molecule has 3 aromatic rings. The smallest absolute Gasteiger partial charge is 0.408 e. The quantitative estimate of drug-likeness (QED) is 0.672. The number of benzene rings is 2. The average Bonchev–Trinajstić information content (AvgIpc) is 3.02. The summed E-state index contributed by atoms with van der Waals surface area (Å²) in [5.74, 6) is -0.761. The summed E-state index contributed by atoms with van der Waals surface area (Å²) in [4.78, 5) is 27.6. The summed E-state index contributed by atoms with van der Waals surface area (Å²) in [6.07, 6.45) is 0. The SMILES string of the molecule is CCN(CC)C(=O)c1ccc(NS(=O)(=O)c2ccc3[nH]c(=O)oc3c2)cc1. The fourth-order valence-corrected chi connectivity index (χ4v) is 3.75. The second kappa shape index (κ2) is 7.28. The predicted octanol–water partition coefficient (Wildman–Crippen LogP) is 2.40. The maximum atomic E-state index is 12.6. The molecule has 1 aromatic heterocycles. The maximum absolute atomic E-state index is 12.6. The van der Waals surface area contributed by atoms with E-state index in [0.29, 0.717) is 29.9 Å². The molecule has 3 rings (SSSR count). The standard InChI is InChI=1S/C18H19N3O5S/c1-3-21(4-2)17(22)12-5-7-13(8-6-12)20-27(24,25)14-9-10-15-16(11-14)26-18(23)19-15/h5-11,20H,3-4H2,1-2H3,(H,19,23). The number of oxazole rings is 1. The molecule has 0 spiro atoms. The first kappa shape index (κ1) is 18.7. The van der Waals surface area contributed by atoms with Crippen LogP contribution in [0.25, 0.3) is 11.1 Å². The zero-order valence-electron chi connectivity index (χ0n) is 14.9. The highest BCUT2D eigenvalue weighted by molar-refractivity contribution is 7.92. The molecule has 0 fully saturated rings. The van der Waals surface area contributed by atoms with Crippen molar-refractivity contribution in [1.82, 2.24) is 9.88 Å². The number of hydrogen-bond acceptors (Lipinski definition) is 5.